The molecule has 3 nitrogen and oxygen atoms in total. The van der Waals surface area contributed by atoms with Crippen molar-refractivity contribution in [2.75, 3.05) is 13.1 Å². The molecule has 0 heterocycles. The maximum atomic E-state index is 11.9. The SMILES string of the molecule is CC(CNC(=O)CCC(C)(C)CCN)c1ccccc1. The first-order chi connectivity index (χ1) is 9.44. The molecule has 20 heavy (non-hydrogen) atoms. The molecule has 0 saturated carbocycles. The predicted octanol–water partition coefficient (Wildman–Crippen LogP) is 3.06. The number of rotatable bonds is 8. The molecule has 0 bridgehead atoms. The minimum absolute atomic E-state index is 0.137. The minimum atomic E-state index is 0.137. The molecule has 0 aliphatic heterocycles. The van der Waals surface area contributed by atoms with Gasteiger partial charge in [0, 0.05) is 13.0 Å². The molecule has 3 N–H and O–H groups in total. The Bertz CT molecular complexity index is 401. The van der Waals surface area contributed by atoms with E-state index in [9.17, 15) is 4.79 Å². The molecule has 1 aromatic carbocycles. The number of amides is 1. The van der Waals surface area contributed by atoms with Crippen LogP contribution in [0.15, 0.2) is 30.3 Å². The minimum Gasteiger partial charge on any atom is -0.356 e. The third kappa shape index (κ3) is 6.20. The molecular formula is C17H28N2O. The number of benzene rings is 1. The van der Waals surface area contributed by atoms with Gasteiger partial charge >= 0.3 is 0 Å². The van der Waals surface area contributed by atoms with Crippen molar-refractivity contribution in [1.82, 2.24) is 5.32 Å². The van der Waals surface area contributed by atoms with Crippen LogP contribution in [0.2, 0.25) is 0 Å². The summed E-state index contributed by atoms with van der Waals surface area (Å²) >= 11 is 0. The highest BCUT2D eigenvalue weighted by Crippen LogP contribution is 2.25. The maximum Gasteiger partial charge on any atom is 0.220 e. The van der Waals surface area contributed by atoms with Gasteiger partial charge in [-0.1, -0.05) is 51.1 Å². The monoisotopic (exact) mass is 276 g/mol. The lowest BCUT2D eigenvalue weighted by atomic mass is 9.84. The second-order valence-corrected chi connectivity index (χ2v) is 6.32. The molecule has 1 amide bonds. The van der Waals surface area contributed by atoms with Gasteiger partial charge in [-0.15, -0.1) is 0 Å². The van der Waals surface area contributed by atoms with Crippen LogP contribution in [0, 0.1) is 5.41 Å². The van der Waals surface area contributed by atoms with Gasteiger partial charge in [0.25, 0.3) is 0 Å². The number of hydrogen-bond donors (Lipinski definition) is 2. The van der Waals surface area contributed by atoms with Gasteiger partial charge in [-0.2, -0.15) is 0 Å². The van der Waals surface area contributed by atoms with Crippen molar-refractivity contribution in [3.8, 4) is 0 Å². The maximum absolute atomic E-state index is 11.9. The lowest BCUT2D eigenvalue weighted by Gasteiger charge is -2.23. The molecule has 0 saturated heterocycles. The predicted molar refractivity (Wildman–Crippen MR) is 84.6 cm³/mol. The number of nitrogens with two attached hydrogens (primary N) is 1. The average molecular weight is 276 g/mol. The molecule has 1 unspecified atom stereocenters. The number of carbonyl (C=O) groups is 1. The Balaban J connectivity index is 2.30. The molecule has 0 aromatic heterocycles. The summed E-state index contributed by atoms with van der Waals surface area (Å²) < 4.78 is 0. The van der Waals surface area contributed by atoms with E-state index < -0.39 is 0 Å². The van der Waals surface area contributed by atoms with Gasteiger partial charge < -0.3 is 11.1 Å². The van der Waals surface area contributed by atoms with Crippen molar-refractivity contribution in [2.24, 2.45) is 11.1 Å². The van der Waals surface area contributed by atoms with Crippen LogP contribution in [0.5, 0.6) is 0 Å². The summed E-state index contributed by atoms with van der Waals surface area (Å²) in [6, 6.07) is 10.3. The fourth-order valence-electron chi connectivity index (χ4n) is 2.22. The molecule has 0 spiro atoms. The molecule has 0 aliphatic rings. The zero-order chi connectivity index (χ0) is 15.0. The molecule has 1 rings (SSSR count). The molecule has 112 valence electrons. The van der Waals surface area contributed by atoms with Crippen LogP contribution in [0.4, 0.5) is 0 Å². The van der Waals surface area contributed by atoms with Gasteiger partial charge in [0.2, 0.25) is 5.91 Å². The highest BCUT2D eigenvalue weighted by Gasteiger charge is 2.18. The average Bonchev–Trinajstić information content (AvgIpc) is 2.43. The van der Waals surface area contributed by atoms with Crippen LogP contribution in [0.25, 0.3) is 0 Å². The Labute approximate surface area is 122 Å². The standard InChI is InChI=1S/C17H28N2O/c1-14(15-7-5-4-6-8-15)13-19-16(20)9-10-17(2,3)11-12-18/h4-8,14H,9-13,18H2,1-3H3,(H,19,20). The van der Waals surface area contributed by atoms with Crippen molar-refractivity contribution in [3.63, 3.8) is 0 Å². The molecule has 1 atom stereocenters. The highest BCUT2D eigenvalue weighted by atomic mass is 16.1. The first kappa shape index (κ1) is 16.7. The Kier molecular flexibility index (Phi) is 6.73. The molecule has 0 aliphatic carbocycles. The summed E-state index contributed by atoms with van der Waals surface area (Å²) in [4.78, 5) is 11.9. The Hall–Kier alpha value is -1.35. The first-order valence-electron chi connectivity index (χ1n) is 7.46. The van der Waals surface area contributed by atoms with Crippen LogP contribution >= 0.6 is 0 Å². The second kappa shape index (κ2) is 8.05. The molecule has 1 aromatic rings. The first-order valence-corrected chi connectivity index (χ1v) is 7.46. The van der Waals surface area contributed by atoms with E-state index in [0.29, 0.717) is 25.4 Å². The van der Waals surface area contributed by atoms with E-state index in [1.165, 1.54) is 5.56 Å². The molecule has 0 fully saturated rings. The quantitative estimate of drug-likeness (QED) is 0.766. The van der Waals surface area contributed by atoms with Crippen molar-refractivity contribution in [1.29, 1.82) is 0 Å². The van der Waals surface area contributed by atoms with E-state index in [4.69, 9.17) is 5.73 Å². The molecular weight excluding hydrogens is 248 g/mol. The van der Waals surface area contributed by atoms with Crippen LogP contribution in [-0.4, -0.2) is 19.0 Å². The van der Waals surface area contributed by atoms with Gasteiger partial charge in [-0.05, 0) is 36.3 Å². The van der Waals surface area contributed by atoms with Gasteiger partial charge in [0.1, 0.15) is 0 Å². The summed E-state index contributed by atoms with van der Waals surface area (Å²) in [5, 5.41) is 3.03. The second-order valence-electron chi connectivity index (χ2n) is 6.32. The Morgan fingerprint density at radius 2 is 1.90 bits per heavy atom. The summed E-state index contributed by atoms with van der Waals surface area (Å²) in [6.07, 6.45) is 2.42. The molecule has 3 heteroatoms. The van der Waals surface area contributed by atoms with Gasteiger partial charge in [0.15, 0.2) is 0 Å². The van der Waals surface area contributed by atoms with Crippen LogP contribution in [-0.2, 0) is 4.79 Å². The number of nitrogens with one attached hydrogen (secondary N) is 1. The van der Waals surface area contributed by atoms with E-state index in [1.54, 1.807) is 0 Å². The lowest BCUT2D eigenvalue weighted by Crippen LogP contribution is -2.29. The Morgan fingerprint density at radius 3 is 2.50 bits per heavy atom. The normalized spacial score (nSPS) is 13.0. The fourth-order valence-corrected chi connectivity index (χ4v) is 2.22. The lowest BCUT2D eigenvalue weighted by molar-refractivity contribution is -0.121. The zero-order valence-corrected chi connectivity index (χ0v) is 13.0. The topological polar surface area (TPSA) is 55.1 Å². The zero-order valence-electron chi connectivity index (χ0n) is 13.0. The smallest absolute Gasteiger partial charge is 0.220 e. The van der Waals surface area contributed by atoms with E-state index in [2.05, 4.69) is 38.2 Å². The van der Waals surface area contributed by atoms with Crippen molar-refractivity contribution < 1.29 is 4.79 Å². The highest BCUT2D eigenvalue weighted by molar-refractivity contribution is 5.75. The van der Waals surface area contributed by atoms with E-state index in [0.717, 1.165) is 12.8 Å². The van der Waals surface area contributed by atoms with Crippen LogP contribution in [0.1, 0.15) is 51.5 Å². The summed E-state index contributed by atoms with van der Waals surface area (Å²) in [5.74, 6) is 0.482. The van der Waals surface area contributed by atoms with Crippen LogP contribution < -0.4 is 11.1 Å². The number of hydrogen-bond acceptors (Lipinski definition) is 2. The number of carbonyl (C=O) groups excluding carboxylic acids is 1. The summed E-state index contributed by atoms with van der Waals surface area (Å²) in [7, 11) is 0. The van der Waals surface area contributed by atoms with E-state index >= 15 is 0 Å². The van der Waals surface area contributed by atoms with Crippen LogP contribution in [0.3, 0.4) is 0 Å². The third-order valence-electron chi connectivity index (χ3n) is 3.82. The van der Waals surface area contributed by atoms with Crippen molar-refractivity contribution in [2.45, 2.75) is 46.0 Å². The van der Waals surface area contributed by atoms with Crippen molar-refractivity contribution >= 4 is 5.91 Å². The fraction of sp³-hybridized carbons (Fsp3) is 0.588. The van der Waals surface area contributed by atoms with Gasteiger partial charge in [0.05, 0.1) is 0 Å². The largest absolute Gasteiger partial charge is 0.356 e. The van der Waals surface area contributed by atoms with Gasteiger partial charge in [-0.3, -0.25) is 4.79 Å². The van der Waals surface area contributed by atoms with E-state index in [1.807, 2.05) is 18.2 Å². The van der Waals surface area contributed by atoms with Gasteiger partial charge in [-0.25, -0.2) is 0 Å². The Morgan fingerprint density at radius 1 is 1.25 bits per heavy atom. The molecule has 0 radical (unpaired) electrons. The van der Waals surface area contributed by atoms with E-state index in [-0.39, 0.29) is 11.3 Å². The summed E-state index contributed by atoms with van der Waals surface area (Å²) in [5.41, 5.74) is 6.99. The summed E-state index contributed by atoms with van der Waals surface area (Å²) in [6.45, 7) is 7.84. The third-order valence-corrected chi connectivity index (χ3v) is 3.82. The van der Waals surface area contributed by atoms with Crippen molar-refractivity contribution in [3.05, 3.63) is 35.9 Å².